The maximum atomic E-state index is 13.6. The molecule has 0 aliphatic heterocycles. The van der Waals surface area contributed by atoms with Crippen LogP contribution in [0.4, 0.5) is 10.2 Å². The Balaban J connectivity index is 2.15. The molecular formula is C13H11BrClFN2. The first-order valence-corrected chi connectivity index (χ1v) is 6.56. The predicted octanol–water partition coefficient (Wildman–Crippen LogP) is 4.81. The van der Waals surface area contributed by atoms with Gasteiger partial charge in [-0.25, -0.2) is 9.37 Å². The van der Waals surface area contributed by atoms with E-state index in [1.54, 1.807) is 0 Å². The number of benzene rings is 1. The van der Waals surface area contributed by atoms with Gasteiger partial charge in [0.15, 0.2) is 11.6 Å². The average molecular weight is 330 g/mol. The Bertz CT molecular complexity index is 545. The van der Waals surface area contributed by atoms with E-state index >= 15 is 0 Å². The summed E-state index contributed by atoms with van der Waals surface area (Å²) < 4.78 is 14.6. The lowest BCUT2D eigenvalue weighted by Crippen LogP contribution is -2.09. The zero-order chi connectivity index (χ0) is 13.1. The van der Waals surface area contributed by atoms with Crippen molar-refractivity contribution in [3.8, 4) is 0 Å². The van der Waals surface area contributed by atoms with E-state index in [-0.39, 0.29) is 16.9 Å². The highest BCUT2D eigenvalue weighted by Gasteiger charge is 2.10. The number of hydrogen-bond donors (Lipinski definition) is 1. The first-order chi connectivity index (χ1) is 8.56. The molecule has 2 aromatic rings. The monoisotopic (exact) mass is 328 g/mol. The van der Waals surface area contributed by atoms with E-state index in [1.807, 2.05) is 31.2 Å². The number of halogens is 3. The van der Waals surface area contributed by atoms with Crippen molar-refractivity contribution >= 4 is 33.3 Å². The van der Waals surface area contributed by atoms with Gasteiger partial charge in [-0.05, 0) is 30.7 Å². The average Bonchev–Trinajstić information content (AvgIpc) is 2.33. The van der Waals surface area contributed by atoms with Gasteiger partial charge in [0.05, 0.1) is 11.1 Å². The van der Waals surface area contributed by atoms with Crippen LogP contribution in [0.15, 0.2) is 41.0 Å². The van der Waals surface area contributed by atoms with E-state index in [0.29, 0.717) is 0 Å². The van der Waals surface area contributed by atoms with Gasteiger partial charge in [0.1, 0.15) is 0 Å². The minimum Gasteiger partial charge on any atom is -0.361 e. The molecule has 0 spiro atoms. The van der Waals surface area contributed by atoms with Crippen molar-refractivity contribution in [2.75, 3.05) is 5.32 Å². The Morgan fingerprint density at radius 1 is 1.33 bits per heavy atom. The first kappa shape index (κ1) is 13.3. The van der Waals surface area contributed by atoms with Gasteiger partial charge < -0.3 is 5.32 Å². The normalized spacial score (nSPS) is 12.2. The molecule has 1 N–H and O–H groups in total. The third-order valence-corrected chi connectivity index (χ3v) is 3.27. The standard InChI is InChI=1S/C13H11BrClFN2/c1-8(9-2-4-10(14)5-3-9)18-13-12(16)6-11(15)7-17-13/h2-8H,1H3,(H,17,18). The molecule has 1 aromatic heterocycles. The molecule has 0 radical (unpaired) electrons. The molecule has 5 heteroatoms. The third kappa shape index (κ3) is 3.21. The summed E-state index contributed by atoms with van der Waals surface area (Å²) in [6.07, 6.45) is 1.42. The fraction of sp³-hybridized carbons (Fsp3) is 0.154. The van der Waals surface area contributed by atoms with Crippen molar-refractivity contribution < 1.29 is 4.39 Å². The summed E-state index contributed by atoms with van der Waals surface area (Å²) in [6, 6.07) is 9.02. The van der Waals surface area contributed by atoms with Gasteiger partial charge in [-0.1, -0.05) is 39.7 Å². The number of nitrogens with one attached hydrogen (secondary N) is 1. The Labute approximate surface area is 118 Å². The molecule has 0 fully saturated rings. The number of rotatable bonds is 3. The van der Waals surface area contributed by atoms with Crippen LogP contribution >= 0.6 is 27.5 Å². The largest absolute Gasteiger partial charge is 0.361 e. The molecule has 0 aliphatic rings. The Kier molecular flexibility index (Phi) is 4.19. The summed E-state index contributed by atoms with van der Waals surface area (Å²) in [6.45, 7) is 1.94. The molecule has 1 atom stereocenters. The molecule has 1 unspecified atom stereocenters. The predicted molar refractivity (Wildman–Crippen MR) is 75.4 cm³/mol. The summed E-state index contributed by atoms with van der Waals surface area (Å²) in [7, 11) is 0. The van der Waals surface area contributed by atoms with E-state index < -0.39 is 5.82 Å². The summed E-state index contributed by atoms with van der Waals surface area (Å²) in [5.41, 5.74) is 1.05. The lowest BCUT2D eigenvalue weighted by atomic mass is 10.1. The van der Waals surface area contributed by atoms with Gasteiger partial charge in [0, 0.05) is 10.7 Å². The number of anilines is 1. The van der Waals surface area contributed by atoms with Crippen molar-refractivity contribution in [1.82, 2.24) is 4.98 Å². The Hall–Kier alpha value is -1.13. The summed E-state index contributed by atoms with van der Waals surface area (Å²) in [4.78, 5) is 3.93. The summed E-state index contributed by atoms with van der Waals surface area (Å²) >= 11 is 9.03. The van der Waals surface area contributed by atoms with Gasteiger partial charge in [0.2, 0.25) is 0 Å². The Morgan fingerprint density at radius 3 is 2.61 bits per heavy atom. The van der Waals surface area contributed by atoms with Gasteiger partial charge >= 0.3 is 0 Å². The highest BCUT2D eigenvalue weighted by Crippen LogP contribution is 2.22. The number of aromatic nitrogens is 1. The van der Waals surface area contributed by atoms with Gasteiger partial charge in [-0.2, -0.15) is 0 Å². The van der Waals surface area contributed by atoms with E-state index in [1.165, 1.54) is 12.3 Å². The van der Waals surface area contributed by atoms with E-state index in [2.05, 4.69) is 26.2 Å². The second-order valence-corrected chi connectivity index (χ2v) is 5.25. The molecule has 18 heavy (non-hydrogen) atoms. The maximum Gasteiger partial charge on any atom is 0.166 e. The first-order valence-electron chi connectivity index (χ1n) is 5.39. The van der Waals surface area contributed by atoms with Crippen LogP contribution < -0.4 is 5.32 Å². The second-order valence-electron chi connectivity index (χ2n) is 3.90. The van der Waals surface area contributed by atoms with Crippen LogP contribution in [0.25, 0.3) is 0 Å². The smallest absolute Gasteiger partial charge is 0.166 e. The second kappa shape index (κ2) is 5.67. The summed E-state index contributed by atoms with van der Waals surface area (Å²) in [5.74, 6) is -0.249. The molecule has 1 aromatic carbocycles. The van der Waals surface area contributed by atoms with Crippen LogP contribution in [0.5, 0.6) is 0 Å². The minimum atomic E-state index is -0.452. The van der Waals surface area contributed by atoms with Crippen LogP contribution in [0.2, 0.25) is 5.02 Å². The molecule has 0 amide bonds. The van der Waals surface area contributed by atoms with Gasteiger partial charge in [-0.3, -0.25) is 0 Å². The molecule has 94 valence electrons. The lowest BCUT2D eigenvalue weighted by Gasteiger charge is -2.15. The van der Waals surface area contributed by atoms with Gasteiger partial charge in [-0.15, -0.1) is 0 Å². The van der Waals surface area contributed by atoms with Crippen molar-refractivity contribution in [2.24, 2.45) is 0 Å². The van der Waals surface area contributed by atoms with E-state index in [4.69, 9.17) is 11.6 Å². The highest BCUT2D eigenvalue weighted by molar-refractivity contribution is 9.10. The lowest BCUT2D eigenvalue weighted by molar-refractivity contribution is 0.621. The molecule has 2 rings (SSSR count). The van der Waals surface area contributed by atoms with Crippen LogP contribution in [0.3, 0.4) is 0 Å². The molecule has 0 bridgehead atoms. The maximum absolute atomic E-state index is 13.6. The van der Waals surface area contributed by atoms with Gasteiger partial charge in [0.25, 0.3) is 0 Å². The van der Waals surface area contributed by atoms with E-state index in [9.17, 15) is 4.39 Å². The fourth-order valence-electron chi connectivity index (χ4n) is 1.56. The number of pyridine rings is 1. The van der Waals surface area contributed by atoms with Crippen LogP contribution in [0, 0.1) is 5.82 Å². The third-order valence-electron chi connectivity index (χ3n) is 2.53. The molecule has 2 nitrogen and oxygen atoms in total. The molecule has 0 saturated carbocycles. The molecular weight excluding hydrogens is 319 g/mol. The van der Waals surface area contributed by atoms with Crippen LogP contribution in [0.1, 0.15) is 18.5 Å². The van der Waals surface area contributed by atoms with Crippen molar-refractivity contribution in [3.63, 3.8) is 0 Å². The minimum absolute atomic E-state index is 0.0405. The summed E-state index contributed by atoms with van der Waals surface area (Å²) in [5, 5.41) is 3.30. The van der Waals surface area contributed by atoms with Crippen LogP contribution in [-0.4, -0.2) is 4.98 Å². The molecule has 0 aliphatic carbocycles. The number of nitrogens with zero attached hydrogens (tertiary/aromatic N) is 1. The fourth-order valence-corrected chi connectivity index (χ4v) is 1.97. The molecule has 0 saturated heterocycles. The highest BCUT2D eigenvalue weighted by atomic mass is 79.9. The van der Waals surface area contributed by atoms with Crippen molar-refractivity contribution in [3.05, 3.63) is 57.4 Å². The SMILES string of the molecule is CC(Nc1ncc(Cl)cc1F)c1ccc(Br)cc1. The Morgan fingerprint density at radius 2 is 2.00 bits per heavy atom. The zero-order valence-corrected chi connectivity index (χ0v) is 12.0. The zero-order valence-electron chi connectivity index (χ0n) is 9.62. The molecule has 1 heterocycles. The quantitative estimate of drug-likeness (QED) is 0.874. The van der Waals surface area contributed by atoms with Crippen molar-refractivity contribution in [1.29, 1.82) is 0 Å². The van der Waals surface area contributed by atoms with Crippen LogP contribution in [-0.2, 0) is 0 Å². The number of hydrogen-bond acceptors (Lipinski definition) is 2. The van der Waals surface area contributed by atoms with E-state index in [0.717, 1.165) is 10.0 Å². The topological polar surface area (TPSA) is 24.9 Å². The van der Waals surface area contributed by atoms with Crippen molar-refractivity contribution in [2.45, 2.75) is 13.0 Å².